The topological polar surface area (TPSA) is 75.6 Å². The number of carboxylic acid groups (broad SMARTS) is 1. The first-order valence-corrected chi connectivity index (χ1v) is 8.42. The van der Waals surface area contributed by atoms with Crippen molar-refractivity contribution in [3.8, 4) is 16.9 Å². The van der Waals surface area contributed by atoms with Crippen LogP contribution < -0.4 is 10.1 Å². The van der Waals surface area contributed by atoms with Crippen LogP contribution in [0, 0.1) is 0 Å². The number of carbonyl (C=O) groups excluding carboxylic acids is 1. The molecule has 5 heteroatoms. The number of hydrogen-bond acceptors (Lipinski definition) is 3. The lowest BCUT2D eigenvalue weighted by Crippen LogP contribution is -2.53. The first-order valence-electron chi connectivity index (χ1n) is 8.42. The molecule has 0 unspecified atom stereocenters. The number of hydrogen-bond donors (Lipinski definition) is 2. The highest BCUT2D eigenvalue weighted by Crippen LogP contribution is 2.31. The monoisotopic (exact) mass is 339 g/mol. The van der Waals surface area contributed by atoms with Crippen molar-refractivity contribution in [1.82, 2.24) is 5.32 Å². The number of aliphatic carboxylic acids is 1. The molecule has 0 atom stereocenters. The zero-order chi connectivity index (χ0) is 17.7. The summed E-state index contributed by atoms with van der Waals surface area (Å²) in [5.74, 6) is -0.783. The predicted octanol–water partition coefficient (Wildman–Crippen LogP) is 3.25. The van der Waals surface area contributed by atoms with Crippen LogP contribution in [0.25, 0.3) is 11.1 Å². The minimum Gasteiger partial charge on any atom is -0.483 e. The van der Waals surface area contributed by atoms with E-state index in [1.165, 1.54) is 0 Å². The van der Waals surface area contributed by atoms with E-state index in [0.717, 1.165) is 24.0 Å². The van der Waals surface area contributed by atoms with Gasteiger partial charge in [-0.1, -0.05) is 61.4 Å². The quantitative estimate of drug-likeness (QED) is 0.847. The van der Waals surface area contributed by atoms with Gasteiger partial charge >= 0.3 is 5.97 Å². The fraction of sp³-hybridized carbons (Fsp3) is 0.300. The Bertz CT molecular complexity index is 751. The molecular formula is C20H21NO4. The average molecular weight is 339 g/mol. The highest BCUT2D eigenvalue weighted by Gasteiger charge is 2.42. The molecule has 3 rings (SSSR count). The van der Waals surface area contributed by atoms with Crippen molar-refractivity contribution in [2.75, 3.05) is 6.61 Å². The van der Waals surface area contributed by atoms with Crippen molar-refractivity contribution in [3.63, 3.8) is 0 Å². The summed E-state index contributed by atoms with van der Waals surface area (Å²) in [6, 6.07) is 17.2. The first-order chi connectivity index (χ1) is 12.1. The largest absolute Gasteiger partial charge is 0.483 e. The summed E-state index contributed by atoms with van der Waals surface area (Å²) in [6.45, 7) is -0.209. The lowest BCUT2D eigenvalue weighted by Gasteiger charge is -2.25. The molecule has 1 fully saturated rings. The highest BCUT2D eigenvalue weighted by atomic mass is 16.5. The molecule has 0 aromatic heterocycles. The zero-order valence-electron chi connectivity index (χ0n) is 13.9. The van der Waals surface area contributed by atoms with E-state index in [4.69, 9.17) is 4.74 Å². The Morgan fingerprint density at radius 3 is 2.32 bits per heavy atom. The van der Waals surface area contributed by atoms with E-state index < -0.39 is 17.4 Å². The maximum Gasteiger partial charge on any atom is 0.329 e. The molecule has 130 valence electrons. The smallest absolute Gasteiger partial charge is 0.329 e. The molecule has 0 heterocycles. The van der Waals surface area contributed by atoms with Crippen LogP contribution in [-0.4, -0.2) is 29.1 Å². The molecule has 25 heavy (non-hydrogen) atoms. The van der Waals surface area contributed by atoms with E-state index in [0.29, 0.717) is 18.6 Å². The van der Waals surface area contributed by atoms with Crippen molar-refractivity contribution >= 4 is 11.9 Å². The fourth-order valence-electron chi connectivity index (χ4n) is 3.27. The fourth-order valence-corrected chi connectivity index (χ4v) is 3.27. The van der Waals surface area contributed by atoms with Gasteiger partial charge in [0.05, 0.1) is 0 Å². The Labute approximate surface area is 146 Å². The molecule has 1 aliphatic carbocycles. The molecule has 2 aromatic rings. The second kappa shape index (κ2) is 7.38. The molecule has 1 amide bonds. The lowest BCUT2D eigenvalue weighted by atomic mass is 9.98. The van der Waals surface area contributed by atoms with Crippen LogP contribution in [-0.2, 0) is 9.59 Å². The Kier molecular flexibility index (Phi) is 5.03. The standard InChI is InChI=1S/C20H21NO4/c22-18(21-20(19(23)24)12-6-7-13-20)14-25-17-11-5-4-10-16(17)15-8-2-1-3-9-15/h1-5,8-11H,6-7,12-14H2,(H,21,22)(H,23,24). The maximum atomic E-state index is 12.2. The second-order valence-corrected chi connectivity index (χ2v) is 6.29. The minimum atomic E-state index is -1.14. The van der Waals surface area contributed by atoms with Crippen molar-refractivity contribution in [2.45, 2.75) is 31.2 Å². The van der Waals surface area contributed by atoms with Gasteiger partial charge in [-0.3, -0.25) is 4.79 Å². The Hall–Kier alpha value is -2.82. The molecule has 0 aliphatic heterocycles. The van der Waals surface area contributed by atoms with Gasteiger partial charge in [0.15, 0.2) is 6.61 Å². The number of carbonyl (C=O) groups is 2. The average Bonchev–Trinajstić information content (AvgIpc) is 3.11. The van der Waals surface area contributed by atoms with Crippen LogP contribution in [0.1, 0.15) is 25.7 Å². The molecule has 2 N–H and O–H groups in total. The van der Waals surface area contributed by atoms with Gasteiger partial charge in [0.2, 0.25) is 0 Å². The molecule has 1 saturated carbocycles. The molecule has 0 saturated heterocycles. The molecule has 2 aromatic carbocycles. The van der Waals surface area contributed by atoms with Crippen LogP contribution in [0.2, 0.25) is 0 Å². The zero-order valence-corrected chi connectivity index (χ0v) is 13.9. The van der Waals surface area contributed by atoms with E-state index in [1.807, 2.05) is 48.5 Å². The van der Waals surface area contributed by atoms with E-state index >= 15 is 0 Å². The summed E-state index contributed by atoms with van der Waals surface area (Å²) in [7, 11) is 0. The van der Waals surface area contributed by atoms with Gasteiger partial charge in [-0.15, -0.1) is 0 Å². The van der Waals surface area contributed by atoms with Crippen molar-refractivity contribution in [3.05, 3.63) is 54.6 Å². The van der Waals surface area contributed by atoms with Crippen molar-refractivity contribution in [2.24, 2.45) is 0 Å². The summed E-state index contributed by atoms with van der Waals surface area (Å²) >= 11 is 0. The maximum absolute atomic E-state index is 12.2. The van der Waals surface area contributed by atoms with Gasteiger partial charge in [-0.2, -0.15) is 0 Å². The number of nitrogens with one attached hydrogen (secondary N) is 1. The van der Waals surface area contributed by atoms with Gasteiger partial charge in [-0.05, 0) is 24.5 Å². The van der Waals surface area contributed by atoms with Gasteiger partial charge in [0.1, 0.15) is 11.3 Å². The highest BCUT2D eigenvalue weighted by molar-refractivity contribution is 5.88. The third-order valence-corrected chi connectivity index (χ3v) is 4.58. The summed E-state index contributed by atoms with van der Waals surface area (Å²) in [5.41, 5.74) is 0.750. The predicted molar refractivity (Wildman–Crippen MR) is 94.4 cm³/mol. The van der Waals surface area contributed by atoms with Crippen molar-refractivity contribution in [1.29, 1.82) is 0 Å². The van der Waals surface area contributed by atoms with Crippen LogP contribution in [0.5, 0.6) is 5.75 Å². The normalized spacial score (nSPS) is 15.5. The van der Waals surface area contributed by atoms with Crippen LogP contribution in [0.15, 0.2) is 54.6 Å². The number of amides is 1. The first kappa shape index (κ1) is 17.0. The molecule has 0 radical (unpaired) electrons. The molecule has 0 bridgehead atoms. The number of rotatable bonds is 6. The van der Waals surface area contributed by atoms with Crippen LogP contribution in [0.3, 0.4) is 0 Å². The Morgan fingerprint density at radius 2 is 1.64 bits per heavy atom. The summed E-state index contributed by atoms with van der Waals surface area (Å²) < 4.78 is 5.68. The Balaban J connectivity index is 1.68. The molecule has 0 spiro atoms. The van der Waals surface area contributed by atoms with E-state index in [2.05, 4.69) is 5.32 Å². The van der Waals surface area contributed by atoms with E-state index in [-0.39, 0.29) is 6.61 Å². The van der Waals surface area contributed by atoms with Crippen molar-refractivity contribution < 1.29 is 19.4 Å². The number of benzene rings is 2. The third kappa shape index (κ3) is 3.82. The van der Waals surface area contributed by atoms with E-state index in [9.17, 15) is 14.7 Å². The second-order valence-electron chi connectivity index (χ2n) is 6.29. The Morgan fingerprint density at radius 1 is 1.00 bits per heavy atom. The summed E-state index contributed by atoms with van der Waals surface area (Å²) in [6.07, 6.45) is 2.55. The van der Waals surface area contributed by atoms with Gasteiger partial charge < -0.3 is 15.2 Å². The molecule has 1 aliphatic rings. The lowest BCUT2D eigenvalue weighted by molar-refractivity contribution is -0.147. The van der Waals surface area contributed by atoms with Crippen LogP contribution >= 0.6 is 0 Å². The summed E-state index contributed by atoms with van der Waals surface area (Å²) in [5, 5.41) is 12.1. The SMILES string of the molecule is O=C(COc1ccccc1-c1ccccc1)NC1(C(=O)O)CCCC1. The van der Waals surface area contributed by atoms with Crippen LogP contribution in [0.4, 0.5) is 0 Å². The van der Waals surface area contributed by atoms with Gasteiger partial charge in [-0.25, -0.2) is 4.79 Å². The third-order valence-electron chi connectivity index (χ3n) is 4.58. The van der Waals surface area contributed by atoms with E-state index in [1.54, 1.807) is 6.07 Å². The number of ether oxygens (including phenoxy) is 1. The molecule has 5 nitrogen and oxygen atoms in total. The summed E-state index contributed by atoms with van der Waals surface area (Å²) in [4.78, 5) is 23.7. The van der Waals surface area contributed by atoms with Gasteiger partial charge in [0.25, 0.3) is 5.91 Å². The van der Waals surface area contributed by atoms with Gasteiger partial charge in [0, 0.05) is 5.56 Å². The number of para-hydroxylation sites is 1. The molecular weight excluding hydrogens is 318 g/mol. The minimum absolute atomic E-state index is 0.209. The number of carboxylic acids is 1.